The monoisotopic (exact) mass is 182 g/mol. The number of halogens is 1. The Labute approximate surface area is 77.5 Å². The average molecular weight is 183 g/mol. The third-order valence-electron chi connectivity index (χ3n) is 1.31. The van der Waals surface area contributed by atoms with Gasteiger partial charge in [0.05, 0.1) is 6.21 Å². The van der Waals surface area contributed by atoms with Gasteiger partial charge in [-0.3, -0.25) is 0 Å². The van der Waals surface area contributed by atoms with Crippen LogP contribution in [0, 0.1) is 0 Å². The van der Waals surface area contributed by atoms with Crippen molar-refractivity contribution in [3.8, 4) is 0 Å². The number of hydrogen-bond donors (Lipinski definition) is 0. The zero-order valence-electron chi connectivity index (χ0n) is 7.16. The van der Waals surface area contributed by atoms with Crippen molar-refractivity contribution < 1.29 is 0 Å². The number of nitrogens with zero attached hydrogens (tertiary/aromatic N) is 2. The summed E-state index contributed by atoms with van der Waals surface area (Å²) in [7, 11) is 3.76. The van der Waals surface area contributed by atoms with Gasteiger partial charge in [-0.1, -0.05) is 23.7 Å². The summed E-state index contributed by atoms with van der Waals surface area (Å²) in [6.45, 7) is 0. The zero-order chi connectivity index (χ0) is 8.97. The zero-order valence-corrected chi connectivity index (χ0v) is 7.92. The second-order valence-electron chi connectivity index (χ2n) is 2.64. The lowest BCUT2D eigenvalue weighted by molar-refractivity contribution is 0.440. The molecule has 0 aliphatic heterocycles. The Balaban J connectivity index is 2.71. The summed E-state index contributed by atoms with van der Waals surface area (Å²) in [5.41, 5.74) is 1.05. The minimum atomic E-state index is 0.747. The van der Waals surface area contributed by atoms with Crippen molar-refractivity contribution in [2.24, 2.45) is 5.10 Å². The molecule has 0 spiro atoms. The Hall–Kier alpha value is -1.02. The largest absolute Gasteiger partial charge is 0.303 e. The van der Waals surface area contributed by atoms with Crippen LogP contribution in [0.5, 0.6) is 0 Å². The van der Waals surface area contributed by atoms with Crippen molar-refractivity contribution in [3.63, 3.8) is 0 Å². The fraction of sp³-hybridized carbons (Fsp3) is 0.222. The molecule has 12 heavy (non-hydrogen) atoms. The van der Waals surface area contributed by atoms with Crippen LogP contribution in [-0.2, 0) is 0 Å². The standard InChI is InChI=1S/C9H11ClN2/c1-12(2)11-7-8-3-5-9(10)6-4-8/h3-7H,1-2H3. The van der Waals surface area contributed by atoms with Crippen molar-refractivity contribution >= 4 is 17.8 Å². The van der Waals surface area contributed by atoms with E-state index in [1.165, 1.54) is 0 Å². The maximum absolute atomic E-state index is 5.72. The minimum absolute atomic E-state index is 0.747. The second kappa shape index (κ2) is 4.12. The quantitative estimate of drug-likeness (QED) is 0.506. The molecule has 0 fully saturated rings. The Morgan fingerprint density at radius 3 is 2.33 bits per heavy atom. The van der Waals surface area contributed by atoms with Crippen LogP contribution in [0.1, 0.15) is 5.56 Å². The third-order valence-corrected chi connectivity index (χ3v) is 1.56. The highest BCUT2D eigenvalue weighted by Gasteiger charge is 1.87. The Bertz CT molecular complexity index is 264. The van der Waals surface area contributed by atoms with Gasteiger partial charge in [0, 0.05) is 19.1 Å². The lowest BCUT2D eigenvalue weighted by Crippen LogP contribution is -2.01. The first-order valence-electron chi connectivity index (χ1n) is 3.65. The summed E-state index contributed by atoms with van der Waals surface area (Å²) in [6, 6.07) is 7.54. The van der Waals surface area contributed by atoms with Gasteiger partial charge in [0.1, 0.15) is 0 Å². The van der Waals surface area contributed by atoms with E-state index in [2.05, 4.69) is 5.10 Å². The molecule has 0 atom stereocenters. The number of hydrazone groups is 1. The third kappa shape index (κ3) is 2.93. The molecule has 0 amide bonds. The van der Waals surface area contributed by atoms with E-state index in [1.807, 2.05) is 38.4 Å². The molecule has 0 saturated heterocycles. The maximum Gasteiger partial charge on any atom is 0.0542 e. The summed E-state index contributed by atoms with van der Waals surface area (Å²) >= 11 is 5.72. The van der Waals surface area contributed by atoms with Gasteiger partial charge in [-0.2, -0.15) is 5.10 Å². The van der Waals surface area contributed by atoms with E-state index in [0.29, 0.717) is 0 Å². The van der Waals surface area contributed by atoms with Crippen LogP contribution in [0.15, 0.2) is 29.4 Å². The van der Waals surface area contributed by atoms with Crippen molar-refractivity contribution in [1.29, 1.82) is 0 Å². The molecule has 0 unspecified atom stereocenters. The van der Waals surface area contributed by atoms with Gasteiger partial charge < -0.3 is 5.01 Å². The van der Waals surface area contributed by atoms with Gasteiger partial charge in [0.25, 0.3) is 0 Å². The van der Waals surface area contributed by atoms with Gasteiger partial charge in [-0.15, -0.1) is 0 Å². The SMILES string of the molecule is CN(C)N=Cc1ccc(Cl)cc1. The van der Waals surface area contributed by atoms with Crippen molar-refractivity contribution in [2.45, 2.75) is 0 Å². The molecule has 3 heteroatoms. The molecule has 0 aliphatic rings. The predicted molar refractivity (Wildman–Crippen MR) is 52.7 cm³/mol. The van der Waals surface area contributed by atoms with Crippen LogP contribution in [0.2, 0.25) is 5.02 Å². The molecule has 0 heterocycles. The summed E-state index contributed by atoms with van der Waals surface area (Å²) in [6.07, 6.45) is 1.79. The summed E-state index contributed by atoms with van der Waals surface area (Å²) in [4.78, 5) is 0. The minimum Gasteiger partial charge on any atom is -0.303 e. The first kappa shape index (κ1) is 9.07. The predicted octanol–water partition coefficient (Wildman–Crippen LogP) is 2.24. The Morgan fingerprint density at radius 2 is 1.83 bits per heavy atom. The molecular weight excluding hydrogens is 172 g/mol. The highest BCUT2D eigenvalue weighted by Crippen LogP contribution is 2.07. The molecule has 0 saturated carbocycles. The van der Waals surface area contributed by atoms with Crippen molar-refractivity contribution in [1.82, 2.24) is 5.01 Å². The average Bonchev–Trinajstić information content (AvgIpc) is 2.03. The molecule has 0 bridgehead atoms. The fourth-order valence-electron chi connectivity index (χ4n) is 0.731. The van der Waals surface area contributed by atoms with Crippen molar-refractivity contribution in [2.75, 3.05) is 14.1 Å². The van der Waals surface area contributed by atoms with Crippen LogP contribution in [0.4, 0.5) is 0 Å². The van der Waals surface area contributed by atoms with E-state index in [0.717, 1.165) is 10.6 Å². The highest BCUT2D eigenvalue weighted by molar-refractivity contribution is 6.30. The maximum atomic E-state index is 5.72. The Morgan fingerprint density at radius 1 is 1.25 bits per heavy atom. The Kier molecular flexibility index (Phi) is 3.11. The fourth-order valence-corrected chi connectivity index (χ4v) is 0.857. The summed E-state index contributed by atoms with van der Waals surface area (Å²) in [5, 5.41) is 6.58. The molecule has 1 aromatic rings. The van der Waals surface area contributed by atoms with Gasteiger partial charge in [0.2, 0.25) is 0 Å². The molecule has 1 aromatic carbocycles. The van der Waals surface area contributed by atoms with E-state index >= 15 is 0 Å². The molecule has 0 radical (unpaired) electrons. The summed E-state index contributed by atoms with van der Waals surface area (Å²) < 4.78 is 0. The lowest BCUT2D eigenvalue weighted by Gasteiger charge is -2.01. The topological polar surface area (TPSA) is 15.6 Å². The van der Waals surface area contributed by atoms with Crippen molar-refractivity contribution in [3.05, 3.63) is 34.9 Å². The van der Waals surface area contributed by atoms with Crippen LogP contribution in [0.25, 0.3) is 0 Å². The first-order valence-corrected chi connectivity index (χ1v) is 4.03. The van der Waals surface area contributed by atoms with Gasteiger partial charge in [-0.05, 0) is 17.7 Å². The van der Waals surface area contributed by atoms with Crippen LogP contribution >= 0.6 is 11.6 Å². The molecule has 2 nitrogen and oxygen atoms in total. The van der Waals surface area contributed by atoms with Gasteiger partial charge in [0.15, 0.2) is 0 Å². The molecule has 1 rings (SSSR count). The smallest absolute Gasteiger partial charge is 0.0542 e. The lowest BCUT2D eigenvalue weighted by atomic mass is 10.2. The summed E-state index contributed by atoms with van der Waals surface area (Å²) in [5.74, 6) is 0. The number of rotatable bonds is 2. The molecule has 64 valence electrons. The normalized spacial score (nSPS) is 10.6. The molecule has 0 aliphatic carbocycles. The first-order chi connectivity index (χ1) is 5.68. The van der Waals surface area contributed by atoms with Gasteiger partial charge in [-0.25, -0.2) is 0 Å². The molecule has 0 aromatic heterocycles. The number of hydrogen-bond acceptors (Lipinski definition) is 2. The second-order valence-corrected chi connectivity index (χ2v) is 3.08. The highest BCUT2D eigenvalue weighted by atomic mass is 35.5. The molecular formula is C9H11ClN2. The van der Waals surface area contributed by atoms with E-state index < -0.39 is 0 Å². The van der Waals surface area contributed by atoms with E-state index in [4.69, 9.17) is 11.6 Å². The van der Waals surface area contributed by atoms with Crippen LogP contribution in [-0.4, -0.2) is 25.3 Å². The number of benzene rings is 1. The van der Waals surface area contributed by atoms with Crippen LogP contribution in [0.3, 0.4) is 0 Å². The van der Waals surface area contributed by atoms with E-state index in [9.17, 15) is 0 Å². The van der Waals surface area contributed by atoms with E-state index in [-0.39, 0.29) is 0 Å². The molecule has 0 N–H and O–H groups in total. The van der Waals surface area contributed by atoms with Crippen LogP contribution < -0.4 is 0 Å². The van der Waals surface area contributed by atoms with E-state index in [1.54, 1.807) is 11.2 Å². The van der Waals surface area contributed by atoms with Gasteiger partial charge >= 0.3 is 0 Å².